The molecule has 0 aliphatic heterocycles. The lowest BCUT2D eigenvalue weighted by Gasteiger charge is -2.09. The monoisotopic (exact) mass is 441 g/mol. The molecule has 0 saturated heterocycles. The number of hydrogen-bond donors (Lipinski definition) is 2. The first-order chi connectivity index (χ1) is 15.2. The van der Waals surface area contributed by atoms with E-state index in [0.29, 0.717) is 11.7 Å². The largest absolute Gasteiger partial charge is 0.494 e. The second kappa shape index (κ2) is 15.2. The average molecular weight is 442 g/mol. The van der Waals surface area contributed by atoms with Gasteiger partial charge in [0.1, 0.15) is 11.5 Å². The Bertz CT molecular complexity index is 776. The Kier molecular flexibility index (Phi) is 12.1. The summed E-state index contributed by atoms with van der Waals surface area (Å²) in [6.07, 6.45) is 8.94. The maximum Gasteiger partial charge on any atom is 0.187 e. The van der Waals surface area contributed by atoms with Crippen LogP contribution in [-0.2, 0) is 6.54 Å². The molecule has 0 amide bonds. The zero-order valence-electron chi connectivity index (χ0n) is 18.7. The first-order valence-electron chi connectivity index (χ1n) is 11.2. The van der Waals surface area contributed by atoms with E-state index < -0.39 is 0 Å². The van der Waals surface area contributed by atoms with Gasteiger partial charge in [0.2, 0.25) is 0 Å². The summed E-state index contributed by atoms with van der Waals surface area (Å²) in [5.74, 6) is 1.78. The second-order valence-corrected chi connectivity index (χ2v) is 7.79. The third kappa shape index (κ3) is 10.8. The average Bonchev–Trinajstić information content (AvgIpc) is 2.80. The van der Waals surface area contributed by atoms with Gasteiger partial charge in [-0.25, -0.2) is 0 Å². The fourth-order valence-electron chi connectivity index (χ4n) is 2.86. The third-order valence-electron chi connectivity index (χ3n) is 4.63. The molecular weight excluding hydrogens is 406 g/mol. The number of hydrogen-bond acceptors (Lipinski definition) is 4. The van der Waals surface area contributed by atoms with Crippen molar-refractivity contribution in [3.05, 3.63) is 59.7 Å². The first kappa shape index (κ1) is 24.7. The second-order valence-electron chi connectivity index (χ2n) is 7.38. The number of nitrogens with one attached hydrogen (secondary N) is 2. The summed E-state index contributed by atoms with van der Waals surface area (Å²) in [7, 11) is 0. The van der Waals surface area contributed by atoms with Crippen molar-refractivity contribution in [2.24, 2.45) is 5.10 Å². The van der Waals surface area contributed by atoms with Crippen molar-refractivity contribution in [3.63, 3.8) is 0 Å². The van der Waals surface area contributed by atoms with E-state index in [0.717, 1.165) is 48.7 Å². The van der Waals surface area contributed by atoms with E-state index in [-0.39, 0.29) is 0 Å². The summed E-state index contributed by atoms with van der Waals surface area (Å²) in [5.41, 5.74) is 4.95. The number of benzene rings is 2. The van der Waals surface area contributed by atoms with Gasteiger partial charge >= 0.3 is 0 Å². The Morgan fingerprint density at radius 1 is 0.839 bits per heavy atom. The van der Waals surface area contributed by atoms with E-state index in [9.17, 15) is 0 Å². The van der Waals surface area contributed by atoms with Gasteiger partial charge in [-0.05, 0) is 72.6 Å². The Hall–Kier alpha value is -2.60. The van der Waals surface area contributed by atoms with Crippen LogP contribution in [0, 0.1) is 0 Å². The van der Waals surface area contributed by atoms with Crippen LogP contribution in [0.5, 0.6) is 11.5 Å². The summed E-state index contributed by atoms with van der Waals surface area (Å²) in [5, 5.41) is 7.82. The third-order valence-corrected chi connectivity index (χ3v) is 4.86. The first-order valence-corrected chi connectivity index (χ1v) is 11.6. The molecule has 0 unspecified atom stereocenters. The summed E-state index contributed by atoms with van der Waals surface area (Å²) in [6, 6.07) is 15.9. The van der Waals surface area contributed by atoms with Crippen molar-refractivity contribution >= 4 is 23.5 Å². The molecule has 0 bridgehead atoms. The molecule has 0 aliphatic rings. The molecule has 2 rings (SSSR count). The molecule has 0 atom stereocenters. The van der Waals surface area contributed by atoms with Crippen LogP contribution in [0.3, 0.4) is 0 Å². The van der Waals surface area contributed by atoms with Crippen molar-refractivity contribution in [3.8, 4) is 11.5 Å². The predicted molar refractivity (Wildman–Crippen MR) is 133 cm³/mol. The van der Waals surface area contributed by atoms with Crippen molar-refractivity contribution in [2.75, 3.05) is 13.2 Å². The maximum absolute atomic E-state index is 5.79. The molecule has 168 valence electrons. The van der Waals surface area contributed by atoms with Gasteiger partial charge in [-0.3, -0.25) is 5.43 Å². The predicted octanol–water partition coefficient (Wildman–Crippen LogP) is 5.82. The van der Waals surface area contributed by atoms with E-state index in [1.165, 1.54) is 25.7 Å². The van der Waals surface area contributed by atoms with Crippen molar-refractivity contribution < 1.29 is 9.47 Å². The maximum atomic E-state index is 5.79. The van der Waals surface area contributed by atoms with Gasteiger partial charge in [-0.1, -0.05) is 51.7 Å². The molecule has 2 aromatic carbocycles. The highest BCUT2D eigenvalue weighted by Gasteiger charge is 1.98. The molecule has 0 spiro atoms. The molecular formula is C25H35N3O2S. The summed E-state index contributed by atoms with van der Waals surface area (Å²) in [4.78, 5) is 0. The van der Waals surface area contributed by atoms with Crippen LogP contribution in [-0.4, -0.2) is 24.5 Å². The highest BCUT2D eigenvalue weighted by Crippen LogP contribution is 2.13. The van der Waals surface area contributed by atoms with Gasteiger partial charge in [0, 0.05) is 6.54 Å². The Balaban J connectivity index is 1.64. The smallest absolute Gasteiger partial charge is 0.187 e. The van der Waals surface area contributed by atoms with Crippen LogP contribution in [0.1, 0.15) is 63.5 Å². The quantitative estimate of drug-likeness (QED) is 0.167. The highest BCUT2D eigenvalue weighted by atomic mass is 32.1. The number of thiocarbonyl (C=S) groups is 1. The lowest BCUT2D eigenvalue weighted by molar-refractivity contribution is 0.304. The molecule has 0 fully saturated rings. The number of ether oxygens (including phenoxy) is 2. The lowest BCUT2D eigenvalue weighted by Crippen LogP contribution is -2.31. The van der Waals surface area contributed by atoms with Gasteiger partial charge in [0.25, 0.3) is 0 Å². The number of rotatable bonds is 14. The van der Waals surface area contributed by atoms with Crippen LogP contribution in [0.4, 0.5) is 0 Å². The van der Waals surface area contributed by atoms with Crippen LogP contribution < -0.4 is 20.2 Å². The minimum absolute atomic E-state index is 0.477. The SMILES string of the molecule is CCCCCCCOc1ccc(/C=N\NC(=S)NCc2ccc(OCCC)cc2)cc1. The van der Waals surface area contributed by atoms with Crippen LogP contribution in [0.25, 0.3) is 0 Å². The van der Waals surface area contributed by atoms with Crippen molar-refractivity contribution in [1.82, 2.24) is 10.7 Å². The summed E-state index contributed by atoms with van der Waals surface area (Å²) in [6.45, 7) is 6.45. The zero-order valence-corrected chi connectivity index (χ0v) is 19.5. The summed E-state index contributed by atoms with van der Waals surface area (Å²) >= 11 is 5.28. The van der Waals surface area contributed by atoms with Crippen LogP contribution in [0.15, 0.2) is 53.6 Å². The van der Waals surface area contributed by atoms with E-state index in [2.05, 4.69) is 29.7 Å². The lowest BCUT2D eigenvalue weighted by atomic mass is 10.2. The molecule has 5 nitrogen and oxygen atoms in total. The number of nitrogens with zero attached hydrogens (tertiary/aromatic N) is 1. The van der Waals surface area contributed by atoms with Crippen molar-refractivity contribution in [2.45, 2.75) is 58.9 Å². The van der Waals surface area contributed by atoms with Crippen molar-refractivity contribution in [1.29, 1.82) is 0 Å². The molecule has 2 N–H and O–H groups in total. The van der Waals surface area contributed by atoms with E-state index in [1.807, 2.05) is 48.5 Å². The molecule has 31 heavy (non-hydrogen) atoms. The minimum atomic E-state index is 0.477. The normalized spacial score (nSPS) is 10.8. The van der Waals surface area contributed by atoms with Gasteiger partial charge in [0.15, 0.2) is 5.11 Å². The molecule has 0 aromatic heterocycles. The summed E-state index contributed by atoms with van der Waals surface area (Å²) < 4.78 is 11.4. The molecule has 6 heteroatoms. The fourth-order valence-corrected chi connectivity index (χ4v) is 2.98. The van der Waals surface area contributed by atoms with Gasteiger partial charge in [-0.2, -0.15) is 5.10 Å². The van der Waals surface area contributed by atoms with Crippen LogP contribution in [0.2, 0.25) is 0 Å². The van der Waals surface area contributed by atoms with E-state index >= 15 is 0 Å². The fraction of sp³-hybridized carbons (Fsp3) is 0.440. The van der Waals surface area contributed by atoms with E-state index in [1.54, 1.807) is 6.21 Å². The van der Waals surface area contributed by atoms with E-state index in [4.69, 9.17) is 21.7 Å². The standard InChI is InChI=1S/C25H35N3O2S/c1-3-5-6-7-8-18-30-24-15-11-22(12-16-24)20-27-28-25(31)26-19-21-9-13-23(14-10-21)29-17-4-2/h9-16,20H,3-8,17-19H2,1-2H3,(H2,26,28,31)/b27-20-. The molecule has 2 aromatic rings. The molecule has 0 radical (unpaired) electrons. The molecule has 0 heterocycles. The Morgan fingerprint density at radius 3 is 2.16 bits per heavy atom. The molecule has 0 saturated carbocycles. The topological polar surface area (TPSA) is 54.9 Å². The van der Waals surface area contributed by atoms with Gasteiger partial charge in [0.05, 0.1) is 19.4 Å². The minimum Gasteiger partial charge on any atom is -0.494 e. The van der Waals surface area contributed by atoms with Gasteiger partial charge in [-0.15, -0.1) is 0 Å². The Labute approximate surface area is 192 Å². The number of unbranched alkanes of at least 4 members (excludes halogenated alkanes) is 4. The highest BCUT2D eigenvalue weighted by molar-refractivity contribution is 7.80. The van der Waals surface area contributed by atoms with Crippen LogP contribution >= 0.6 is 12.2 Å². The molecule has 0 aliphatic carbocycles. The Morgan fingerprint density at radius 2 is 1.48 bits per heavy atom. The number of hydrazone groups is 1. The van der Waals surface area contributed by atoms with Gasteiger partial charge < -0.3 is 14.8 Å². The zero-order chi connectivity index (χ0) is 22.2.